The van der Waals surface area contributed by atoms with E-state index >= 15 is 0 Å². The summed E-state index contributed by atoms with van der Waals surface area (Å²) in [6.07, 6.45) is 6.26. The lowest BCUT2D eigenvalue weighted by atomic mass is 9.87. The Morgan fingerprint density at radius 2 is 1.95 bits per heavy atom. The van der Waals surface area contributed by atoms with Crippen LogP contribution in [0.4, 0.5) is 4.79 Å². The van der Waals surface area contributed by atoms with Crippen LogP contribution in [0.3, 0.4) is 0 Å². The van der Waals surface area contributed by atoms with Gasteiger partial charge in [-0.3, -0.25) is 4.98 Å². The van der Waals surface area contributed by atoms with E-state index in [-0.39, 0.29) is 12.1 Å². The van der Waals surface area contributed by atoms with Crippen molar-refractivity contribution in [3.8, 4) is 0 Å². The van der Waals surface area contributed by atoms with Crippen LogP contribution in [-0.2, 0) is 11.2 Å². The van der Waals surface area contributed by atoms with Gasteiger partial charge in [0.25, 0.3) is 0 Å². The standard InChI is InChI=1S/C16H25N3O2/c1-16(2,3)21-15(20)19-14-10-13(11-14)18-9-6-12-4-7-17-8-5-12/h4-5,7-8,13-14,18H,6,9-11H2,1-3H3,(H,19,20). The van der Waals surface area contributed by atoms with E-state index in [1.807, 2.05) is 45.3 Å². The molecule has 0 aromatic carbocycles. The van der Waals surface area contributed by atoms with Gasteiger partial charge in [0, 0.05) is 24.5 Å². The SMILES string of the molecule is CC(C)(C)OC(=O)NC1CC(NCCc2ccncc2)C1. The number of alkyl carbamates (subject to hydrolysis) is 1. The second kappa shape index (κ2) is 6.89. The fourth-order valence-corrected chi connectivity index (χ4v) is 2.35. The molecule has 0 spiro atoms. The highest BCUT2D eigenvalue weighted by atomic mass is 16.6. The highest BCUT2D eigenvalue weighted by Gasteiger charge is 2.31. The van der Waals surface area contributed by atoms with Gasteiger partial charge in [-0.15, -0.1) is 0 Å². The van der Waals surface area contributed by atoms with E-state index < -0.39 is 5.60 Å². The topological polar surface area (TPSA) is 63.2 Å². The average Bonchev–Trinajstić information content (AvgIpc) is 2.34. The molecule has 1 fully saturated rings. The van der Waals surface area contributed by atoms with E-state index in [0.29, 0.717) is 6.04 Å². The van der Waals surface area contributed by atoms with Crippen LogP contribution in [0.15, 0.2) is 24.5 Å². The molecule has 0 aliphatic heterocycles. The predicted octanol–water partition coefficient (Wildman–Crippen LogP) is 2.27. The summed E-state index contributed by atoms with van der Waals surface area (Å²) >= 11 is 0. The number of hydrogen-bond donors (Lipinski definition) is 2. The summed E-state index contributed by atoms with van der Waals surface area (Å²) in [5, 5.41) is 6.41. The molecule has 1 amide bonds. The molecule has 116 valence electrons. The summed E-state index contributed by atoms with van der Waals surface area (Å²) in [4.78, 5) is 15.6. The second-order valence-electron chi connectivity index (χ2n) is 6.57. The lowest BCUT2D eigenvalue weighted by molar-refractivity contribution is 0.0465. The predicted molar refractivity (Wildman–Crippen MR) is 82.1 cm³/mol. The number of amides is 1. The first-order chi connectivity index (χ1) is 9.92. The Morgan fingerprint density at radius 1 is 1.29 bits per heavy atom. The maximum Gasteiger partial charge on any atom is 0.407 e. The van der Waals surface area contributed by atoms with Gasteiger partial charge in [-0.25, -0.2) is 4.79 Å². The van der Waals surface area contributed by atoms with E-state index in [1.165, 1.54) is 5.56 Å². The minimum atomic E-state index is -0.435. The third-order valence-electron chi connectivity index (χ3n) is 3.45. The molecule has 21 heavy (non-hydrogen) atoms. The molecule has 1 heterocycles. The molecule has 5 nitrogen and oxygen atoms in total. The highest BCUT2D eigenvalue weighted by molar-refractivity contribution is 5.68. The minimum absolute atomic E-state index is 0.235. The van der Waals surface area contributed by atoms with Gasteiger partial charge >= 0.3 is 6.09 Å². The molecule has 0 unspecified atom stereocenters. The van der Waals surface area contributed by atoms with Crippen molar-refractivity contribution in [3.63, 3.8) is 0 Å². The Balaban J connectivity index is 1.56. The molecule has 1 aromatic rings. The fraction of sp³-hybridized carbons (Fsp3) is 0.625. The van der Waals surface area contributed by atoms with Crippen molar-refractivity contribution in [2.45, 2.75) is 57.7 Å². The van der Waals surface area contributed by atoms with Gasteiger partial charge < -0.3 is 15.4 Å². The molecule has 0 radical (unpaired) electrons. The number of hydrogen-bond acceptors (Lipinski definition) is 4. The zero-order valence-electron chi connectivity index (χ0n) is 13.1. The van der Waals surface area contributed by atoms with E-state index in [1.54, 1.807) is 0 Å². The van der Waals surface area contributed by atoms with E-state index in [2.05, 4.69) is 15.6 Å². The van der Waals surface area contributed by atoms with Gasteiger partial charge in [0.2, 0.25) is 0 Å². The number of carbonyl (C=O) groups excluding carboxylic acids is 1. The first-order valence-corrected chi connectivity index (χ1v) is 7.54. The first kappa shape index (κ1) is 15.8. The van der Waals surface area contributed by atoms with Crippen molar-refractivity contribution < 1.29 is 9.53 Å². The molecule has 0 bridgehead atoms. The van der Waals surface area contributed by atoms with E-state index in [9.17, 15) is 4.79 Å². The zero-order chi connectivity index (χ0) is 15.3. The number of rotatable bonds is 5. The zero-order valence-corrected chi connectivity index (χ0v) is 13.1. The number of nitrogens with one attached hydrogen (secondary N) is 2. The van der Waals surface area contributed by atoms with Gasteiger partial charge in [-0.2, -0.15) is 0 Å². The quantitative estimate of drug-likeness (QED) is 0.873. The van der Waals surface area contributed by atoms with Crippen molar-refractivity contribution in [2.24, 2.45) is 0 Å². The number of nitrogens with zero attached hydrogens (tertiary/aromatic N) is 1. The second-order valence-corrected chi connectivity index (χ2v) is 6.57. The van der Waals surface area contributed by atoms with Crippen molar-refractivity contribution >= 4 is 6.09 Å². The van der Waals surface area contributed by atoms with E-state index in [0.717, 1.165) is 25.8 Å². The summed E-state index contributed by atoms with van der Waals surface area (Å²) in [5.41, 5.74) is 0.857. The number of carbonyl (C=O) groups is 1. The van der Waals surface area contributed by atoms with Crippen LogP contribution in [0.2, 0.25) is 0 Å². The molecule has 1 aliphatic rings. The van der Waals surface area contributed by atoms with Crippen LogP contribution >= 0.6 is 0 Å². The molecule has 0 saturated heterocycles. The largest absolute Gasteiger partial charge is 0.444 e. The van der Waals surface area contributed by atoms with E-state index in [4.69, 9.17) is 4.74 Å². The van der Waals surface area contributed by atoms with Crippen LogP contribution in [0.1, 0.15) is 39.2 Å². The lowest BCUT2D eigenvalue weighted by Gasteiger charge is -2.36. The van der Waals surface area contributed by atoms with Gasteiger partial charge in [0.15, 0.2) is 0 Å². The van der Waals surface area contributed by atoms with Gasteiger partial charge in [0.1, 0.15) is 5.60 Å². The van der Waals surface area contributed by atoms with Crippen LogP contribution in [-0.4, -0.2) is 35.3 Å². The maximum absolute atomic E-state index is 11.6. The molecular weight excluding hydrogens is 266 g/mol. The van der Waals surface area contributed by atoms with Crippen molar-refractivity contribution in [1.29, 1.82) is 0 Å². The third kappa shape index (κ3) is 5.71. The third-order valence-corrected chi connectivity index (χ3v) is 3.45. The Morgan fingerprint density at radius 3 is 2.57 bits per heavy atom. The number of pyridine rings is 1. The van der Waals surface area contributed by atoms with Gasteiger partial charge in [-0.1, -0.05) is 0 Å². The highest BCUT2D eigenvalue weighted by Crippen LogP contribution is 2.20. The first-order valence-electron chi connectivity index (χ1n) is 7.54. The normalized spacial score (nSPS) is 21.5. The van der Waals surface area contributed by atoms with Gasteiger partial charge in [0.05, 0.1) is 0 Å². The molecule has 1 saturated carbocycles. The Bertz CT molecular complexity index is 450. The van der Waals surface area contributed by atoms with Crippen LogP contribution < -0.4 is 10.6 Å². The lowest BCUT2D eigenvalue weighted by Crippen LogP contribution is -2.53. The Labute approximate surface area is 126 Å². The van der Waals surface area contributed by atoms with Gasteiger partial charge in [-0.05, 0) is 64.3 Å². The Kier molecular flexibility index (Phi) is 5.17. The molecule has 5 heteroatoms. The molecule has 0 atom stereocenters. The summed E-state index contributed by atoms with van der Waals surface area (Å²) in [6.45, 7) is 6.57. The average molecular weight is 291 g/mol. The monoisotopic (exact) mass is 291 g/mol. The molecular formula is C16H25N3O2. The molecule has 1 aliphatic carbocycles. The van der Waals surface area contributed by atoms with Crippen molar-refractivity contribution in [3.05, 3.63) is 30.1 Å². The number of ether oxygens (including phenoxy) is 1. The summed E-state index contributed by atoms with van der Waals surface area (Å²) < 4.78 is 5.24. The number of aromatic nitrogens is 1. The minimum Gasteiger partial charge on any atom is -0.444 e. The Hall–Kier alpha value is -1.62. The molecule has 1 aromatic heterocycles. The fourth-order valence-electron chi connectivity index (χ4n) is 2.35. The summed E-state index contributed by atoms with van der Waals surface area (Å²) in [5.74, 6) is 0. The summed E-state index contributed by atoms with van der Waals surface area (Å²) in [6, 6.07) is 4.80. The van der Waals surface area contributed by atoms with Crippen LogP contribution in [0.5, 0.6) is 0 Å². The van der Waals surface area contributed by atoms with Crippen molar-refractivity contribution in [1.82, 2.24) is 15.6 Å². The molecule has 2 N–H and O–H groups in total. The summed E-state index contributed by atoms with van der Waals surface area (Å²) in [7, 11) is 0. The van der Waals surface area contributed by atoms with Crippen molar-refractivity contribution in [2.75, 3.05) is 6.54 Å². The maximum atomic E-state index is 11.6. The molecule has 2 rings (SSSR count). The van der Waals surface area contributed by atoms with Crippen LogP contribution in [0.25, 0.3) is 0 Å². The van der Waals surface area contributed by atoms with Crippen LogP contribution in [0, 0.1) is 0 Å². The smallest absolute Gasteiger partial charge is 0.407 e.